The maximum Gasteiger partial charge on any atom is 0.410 e. The zero-order chi connectivity index (χ0) is 25.0. The molecule has 0 aromatic heterocycles. The van der Waals surface area contributed by atoms with E-state index in [4.69, 9.17) is 14.2 Å². The number of nitrogens with zero attached hydrogens (tertiary/aromatic N) is 2. The molecular formula is C26H32FN3O5. The topological polar surface area (TPSA) is 80.3 Å². The molecule has 2 aromatic rings. The molecule has 0 saturated carbocycles. The van der Waals surface area contributed by atoms with E-state index in [-0.39, 0.29) is 31.2 Å². The Labute approximate surface area is 204 Å². The van der Waals surface area contributed by atoms with Crippen LogP contribution in [-0.2, 0) is 22.5 Å². The molecule has 8 nitrogen and oxygen atoms in total. The van der Waals surface area contributed by atoms with E-state index in [1.165, 1.54) is 6.07 Å². The third kappa shape index (κ3) is 6.55. The van der Waals surface area contributed by atoms with E-state index in [1.54, 1.807) is 4.90 Å². The van der Waals surface area contributed by atoms with Gasteiger partial charge in [-0.05, 0) is 32.4 Å². The molecule has 0 spiro atoms. The summed E-state index contributed by atoms with van der Waals surface area (Å²) in [5.41, 5.74) is 1.48. The van der Waals surface area contributed by atoms with E-state index in [2.05, 4.69) is 5.32 Å². The number of anilines is 1. The van der Waals surface area contributed by atoms with Crippen LogP contribution in [0.5, 0.6) is 5.75 Å². The first-order valence-electron chi connectivity index (χ1n) is 11.8. The minimum absolute atomic E-state index is 0.162. The van der Waals surface area contributed by atoms with Crippen LogP contribution in [0.4, 0.5) is 19.7 Å². The summed E-state index contributed by atoms with van der Waals surface area (Å²) < 4.78 is 31.5. The summed E-state index contributed by atoms with van der Waals surface area (Å²) in [6.07, 6.45) is -0.586. The van der Waals surface area contributed by atoms with Gasteiger partial charge >= 0.3 is 12.2 Å². The first-order chi connectivity index (χ1) is 16.7. The third-order valence-electron chi connectivity index (χ3n) is 5.86. The maximum absolute atomic E-state index is 15.0. The van der Waals surface area contributed by atoms with Crippen LogP contribution in [-0.4, -0.2) is 61.5 Å². The number of carbonyl (C=O) groups excluding carboxylic acids is 2. The molecule has 2 amide bonds. The van der Waals surface area contributed by atoms with Crippen molar-refractivity contribution < 1.29 is 28.2 Å². The van der Waals surface area contributed by atoms with Crippen molar-refractivity contribution in [3.63, 3.8) is 0 Å². The maximum atomic E-state index is 15.0. The number of ether oxygens (including phenoxy) is 3. The summed E-state index contributed by atoms with van der Waals surface area (Å²) in [4.78, 5) is 28.1. The predicted octanol–water partition coefficient (Wildman–Crippen LogP) is 4.11. The highest BCUT2D eigenvalue weighted by atomic mass is 19.1. The number of hydrogen-bond acceptors (Lipinski definition) is 6. The molecule has 188 valence electrons. The first kappa shape index (κ1) is 24.6. The van der Waals surface area contributed by atoms with Gasteiger partial charge in [0, 0.05) is 49.9 Å². The number of carbonyl (C=O) groups is 2. The zero-order valence-corrected chi connectivity index (χ0v) is 20.4. The lowest BCUT2D eigenvalue weighted by atomic mass is 10.0. The van der Waals surface area contributed by atoms with Crippen LogP contribution in [0.1, 0.15) is 31.9 Å². The molecule has 0 bridgehead atoms. The summed E-state index contributed by atoms with van der Waals surface area (Å²) in [5, 5.41) is 2.75. The number of halogens is 1. The van der Waals surface area contributed by atoms with Crippen molar-refractivity contribution in [3.05, 3.63) is 59.4 Å². The monoisotopic (exact) mass is 485 g/mol. The summed E-state index contributed by atoms with van der Waals surface area (Å²) in [7, 11) is 0. The number of rotatable bonds is 4. The van der Waals surface area contributed by atoms with Gasteiger partial charge in [0.2, 0.25) is 0 Å². The Balaban J connectivity index is 1.31. The van der Waals surface area contributed by atoms with Crippen LogP contribution >= 0.6 is 0 Å². The number of piperazine rings is 1. The van der Waals surface area contributed by atoms with E-state index in [0.717, 1.165) is 5.56 Å². The fourth-order valence-electron chi connectivity index (χ4n) is 4.10. The number of benzene rings is 2. The van der Waals surface area contributed by atoms with Crippen LogP contribution in [0.15, 0.2) is 42.5 Å². The lowest BCUT2D eigenvalue weighted by molar-refractivity contribution is 0.0240. The fraction of sp³-hybridized carbons (Fsp3) is 0.462. The van der Waals surface area contributed by atoms with Gasteiger partial charge in [0.05, 0.1) is 6.04 Å². The van der Waals surface area contributed by atoms with Crippen molar-refractivity contribution in [3.8, 4) is 5.75 Å². The predicted molar refractivity (Wildman–Crippen MR) is 129 cm³/mol. The number of amides is 2. The smallest absolute Gasteiger partial charge is 0.410 e. The highest BCUT2D eigenvalue weighted by Crippen LogP contribution is 2.33. The Kier molecular flexibility index (Phi) is 7.33. The summed E-state index contributed by atoms with van der Waals surface area (Å²) in [5.74, 6) is 0.0986. The SMILES string of the molecule is CC(C)(C)OC(=O)N1CCN(c2cc(F)c3c(c2)OC[C@H](NC(=O)OCc2ccccc2)C3)CC1. The first-order valence-corrected chi connectivity index (χ1v) is 11.8. The molecule has 1 saturated heterocycles. The Hall–Kier alpha value is -3.49. The van der Waals surface area contributed by atoms with Crippen LogP contribution in [0.2, 0.25) is 0 Å². The van der Waals surface area contributed by atoms with Crippen LogP contribution in [0.3, 0.4) is 0 Å². The zero-order valence-electron chi connectivity index (χ0n) is 20.4. The Morgan fingerprint density at radius 3 is 2.51 bits per heavy atom. The molecule has 2 aliphatic heterocycles. The van der Waals surface area contributed by atoms with Crippen molar-refractivity contribution in [1.29, 1.82) is 0 Å². The van der Waals surface area contributed by atoms with Crippen molar-refractivity contribution in [2.75, 3.05) is 37.7 Å². The van der Waals surface area contributed by atoms with Gasteiger partial charge in [0.1, 0.15) is 30.4 Å². The van der Waals surface area contributed by atoms with E-state index < -0.39 is 11.7 Å². The molecule has 0 aliphatic carbocycles. The third-order valence-corrected chi connectivity index (χ3v) is 5.86. The molecule has 4 rings (SSSR count). The number of fused-ring (bicyclic) bond motifs is 1. The van der Waals surface area contributed by atoms with Crippen molar-refractivity contribution in [1.82, 2.24) is 10.2 Å². The quantitative estimate of drug-likeness (QED) is 0.702. The highest BCUT2D eigenvalue weighted by molar-refractivity contribution is 5.69. The molecular weight excluding hydrogens is 453 g/mol. The van der Waals surface area contributed by atoms with Gasteiger partial charge in [-0.25, -0.2) is 14.0 Å². The van der Waals surface area contributed by atoms with Crippen LogP contribution in [0, 0.1) is 5.82 Å². The molecule has 1 atom stereocenters. The van der Waals surface area contributed by atoms with Gasteiger partial charge in [-0.15, -0.1) is 0 Å². The highest BCUT2D eigenvalue weighted by Gasteiger charge is 2.29. The van der Waals surface area contributed by atoms with Gasteiger partial charge in [-0.3, -0.25) is 0 Å². The number of alkyl carbamates (subject to hydrolysis) is 1. The Morgan fingerprint density at radius 1 is 1.11 bits per heavy atom. The molecule has 2 aliphatic rings. The van der Waals surface area contributed by atoms with Crippen molar-refractivity contribution >= 4 is 17.9 Å². The fourth-order valence-corrected chi connectivity index (χ4v) is 4.10. The normalized spacial score (nSPS) is 17.8. The van der Waals surface area contributed by atoms with Gasteiger partial charge in [0.15, 0.2) is 0 Å². The summed E-state index contributed by atoms with van der Waals surface area (Å²) in [6.45, 7) is 8.01. The standard InChI is InChI=1S/C26H32FN3O5/c1-26(2,3)35-25(32)30-11-9-29(10-12-30)20-14-22(27)21-13-19(17-33-23(21)15-20)28-24(31)34-16-18-7-5-4-6-8-18/h4-8,14-15,19H,9-13,16-17H2,1-3H3,(H,28,31)/t19-/m1/s1. The molecule has 1 N–H and O–H groups in total. The molecule has 0 unspecified atom stereocenters. The molecule has 35 heavy (non-hydrogen) atoms. The second kappa shape index (κ2) is 10.4. The Morgan fingerprint density at radius 2 is 1.83 bits per heavy atom. The van der Waals surface area contributed by atoms with Gasteiger partial charge < -0.3 is 29.3 Å². The van der Waals surface area contributed by atoms with Gasteiger partial charge in [-0.2, -0.15) is 0 Å². The van der Waals surface area contributed by atoms with E-state index in [0.29, 0.717) is 49.6 Å². The lowest BCUT2D eigenvalue weighted by Gasteiger charge is -2.37. The summed E-state index contributed by atoms with van der Waals surface area (Å²) in [6, 6.07) is 12.3. The van der Waals surface area contributed by atoms with Crippen LogP contribution < -0.4 is 15.0 Å². The van der Waals surface area contributed by atoms with Gasteiger partial charge in [-0.1, -0.05) is 30.3 Å². The molecule has 1 fully saturated rings. The minimum Gasteiger partial charge on any atom is -0.491 e. The van der Waals surface area contributed by atoms with Crippen molar-refractivity contribution in [2.24, 2.45) is 0 Å². The minimum atomic E-state index is -0.564. The van der Waals surface area contributed by atoms with E-state index >= 15 is 4.39 Å². The molecule has 9 heteroatoms. The second-order valence-electron chi connectivity index (χ2n) is 9.78. The average molecular weight is 486 g/mol. The Bertz CT molecular complexity index is 1050. The second-order valence-corrected chi connectivity index (χ2v) is 9.78. The largest absolute Gasteiger partial charge is 0.491 e. The molecule has 2 aromatic carbocycles. The molecule has 0 radical (unpaired) electrons. The lowest BCUT2D eigenvalue weighted by Crippen LogP contribution is -2.50. The number of hydrogen-bond donors (Lipinski definition) is 1. The van der Waals surface area contributed by atoms with Crippen molar-refractivity contribution in [2.45, 2.75) is 45.4 Å². The molecule has 2 heterocycles. The average Bonchev–Trinajstić information content (AvgIpc) is 2.83. The van der Waals surface area contributed by atoms with Gasteiger partial charge in [0.25, 0.3) is 0 Å². The summed E-state index contributed by atoms with van der Waals surface area (Å²) >= 11 is 0. The van der Waals surface area contributed by atoms with E-state index in [1.807, 2.05) is 62.1 Å². The van der Waals surface area contributed by atoms with Crippen LogP contribution in [0.25, 0.3) is 0 Å². The van der Waals surface area contributed by atoms with E-state index in [9.17, 15) is 9.59 Å². The number of nitrogens with one attached hydrogen (secondary N) is 1.